The summed E-state index contributed by atoms with van der Waals surface area (Å²) in [6.45, 7) is 9.88. The molecule has 0 bridgehead atoms. The Balaban J connectivity index is 0.00000450. The first-order valence-electron chi connectivity index (χ1n) is 10.3. The maximum atomic E-state index is 5.43. The quantitative estimate of drug-likeness (QED) is 0.285. The second-order valence-electron chi connectivity index (χ2n) is 7.15. The summed E-state index contributed by atoms with van der Waals surface area (Å²) in [5.41, 5.74) is 0.993. The smallest absolute Gasteiger partial charge is 0.203 e. The van der Waals surface area contributed by atoms with Gasteiger partial charge in [-0.3, -0.25) is 0 Å². The topological polar surface area (TPSA) is 70.6 Å². The van der Waals surface area contributed by atoms with E-state index in [9.17, 15) is 0 Å². The number of halogens is 1. The first-order chi connectivity index (χ1) is 14.1. The van der Waals surface area contributed by atoms with E-state index >= 15 is 0 Å². The van der Waals surface area contributed by atoms with E-state index in [4.69, 9.17) is 19.2 Å². The van der Waals surface area contributed by atoms with Crippen molar-refractivity contribution in [1.82, 2.24) is 20.4 Å². The Morgan fingerprint density at radius 1 is 1.00 bits per heavy atom. The van der Waals surface area contributed by atoms with E-state index in [-0.39, 0.29) is 24.0 Å². The summed E-state index contributed by atoms with van der Waals surface area (Å²) in [6.07, 6.45) is 1.23. The monoisotopic (exact) mass is 535 g/mol. The molecular weight excluding hydrogens is 497 g/mol. The number of guanidine groups is 1. The van der Waals surface area contributed by atoms with Crippen LogP contribution < -0.4 is 24.8 Å². The fraction of sp³-hybridized carbons (Fsp3) is 0.667. The summed E-state index contributed by atoms with van der Waals surface area (Å²) in [5, 5.41) is 6.76. The van der Waals surface area contributed by atoms with Crippen molar-refractivity contribution in [1.29, 1.82) is 0 Å². The van der Waals surface area contributed by atoms with Crippen LogP contribution in [0, 0.1) is 0 Å². The van der Waals surface area contributed by atoms with E-state index in [1.807, 2.05) is 12.1 Å². The zero-order valence-electron chi connectivity index (χ0n) is 19.0. The molecule has 0 aromatic heterocycles. The molecular formula is C21H38IN5O3. The van der Waals surface area contributed by atoms with Crippen molar-refractivity contribution >= 4 is 29.9 Å². The van der Waals surface area contributed by atoms with Crippen LogP contribution in [0.1, 0.15) is 18.9 Å². The third-order valence-corrected chi connectivity index (χ3v) is 5.02. The SMILES string of the molecule is CCNC(=NCc1cc(OC)c(OC)c(OC)c1)NCCN1CCCN(C)CC1.I. The van der Waals surface area contributed by atoms with Crippen LogP contribution in [0.3, 0.4) is 0 Å². The predicted molar refractivity (Wildman–Crippen MR) is 133 cm³/mol. The standard InChI is InChI=1S/C21H37N5O3.HI/c1-6-22-21(23-8-11-26-10-7-9-25(2)12-13-26)24-16-17-14-18(27-3)20(29-5)19(15-17)28-4;/h14-15H,6-13,16H2,1-5H3,(H2,22,23,24);1H. The zero-order chi connectivity index (χ0) is 21.1. The Hall–Kier alpha value is -1.46. The largest absolute Gasteiger partial charge is 0.493 e. The zero-order valence-corrected chi connectivity index (χ0v) is 21.3. The van der Waals surface area contributed by atoms with Crippen LogP contribution in [-0.4, -0.2) is 89.9 Å². The predicted octanol–water partition coefficient (Wildman–Crippen LogP) is 2.02. The van der Waals surface area contributed by atoms with Crippen LogP contribution in [0.25, 0.3) is 0 Å². The highest BCUT2D eigenvalue weighted by Crippen LogP contribution is 2.38. The summed E-state index contributed by atoms with van der Waals surface area (Å²) in [5.74, 6) is 2.69. The molecule has 1 aromatic carbocycles. The molecule has 1 saturated heterocycles. The lowest BCUT2D eigenvalue weighted by atomic mass is 10.2. The lowest BCUT2D eigenvalue weighted by Crippen LogP contribution is -2.42. The summed E-state index contributed by atoms with van der Waals surface area (Å²) >= 11 is 0. The van der Waals surface area contributed by atoms with Crippen LogP contribution >= 0.6 is 24.0 Å². The minimum absolute atomic E-state index is 0. The first kappa shape index (κ1) is 26.6. The summed E-state index contributed by atoms with van der Waals surface area (Å²) in [6, 6.07) is 3.87. The minimum atomic E-state index is 0. The number of benzene rings is 1. The van der Waals surface area contributed by atoms with Gasteiger partial charge < -0.3 is 34.6 Å². The Labute approximate surface area is 198 Å². The van der Waals surface area contributed by atoms with E-state index in [0.717, 1.165) is 50.8 Å². The number of ether oxygens (including phenoxy) is 3. The highest BCUT2D eigenvalue weighted by atomic mass is 127. The molecule has 0 spiro atoms. The maximum Gasteiger partial charge on any atom is 0.203 e. The van der Waals surface area contributed by atoms with Gasteiger partial charge >= 0.3 is 0 Å². The molecule has 1 fully saturated rings. The van der Waals surface area contributed by atoms with E-state index in [0.29, 0.717) is 23.8 Å². The van der Waals surface area contributed by atoms with Gasteiger partial charge in [-0.15, -0.1) is 24.0 Å². The van der Waals surface area contributed by atoms with Gasteiger partial charge in [0.05, 0.1) is 27.9 Å². The van der Waals surface area contributed by atoms with Gasteiger partial charge in [0.25, 0.3) is 0 Å². The number of nitrogens with one attached hydrogen (secondary N) is 2. The fourth-order valence-electron chi connectivity index (χ4n) is 3.39. The molecule has 1 aliphatic rings. The van der Waals surface area contributed by atoms with Crippen LogP contribution in [0.5, 0.6) is 17.2 Å². The molecule has 0 saturated carbocycles. The van der Waals surface area contributed by atoms with Crippen LogP contribution in [0.4, 0.5) is 0 Å². The van der Waals surface area contributed by atoms with Gasteiger partial charge in [-0.2, -0.15) is 0 Å². The average molecular weight is 535 g/mol. The summed E-state index contributed by atoms with van der Waals surface area (Å²) in [7, 11) is 7.04. The molecule has 0 radical (unpaired) electrons. The van der Waals surface area contributed by atoms with Crippen LogP contribution in [0.15, 0.2) is 17.1 Å². The lowest BCUT2D eigenvalue weighted by Gasteiger charge is -2.21. The van der Waals surface area contributed by atoms with E-state index < -0.39 is 0 Å². The van der Waals surface area contributed by atoms with Crippen LogP contribution in [-0.2, 0) is 6.54 Å². The Morgan fingerprint density at radius 3 is 2.30 bits per heavy atom. The Bertz CT molecular complexity index is 635. The number of likely N-dealkylation sites (N-methyl/N-ethyl adjacent to an activating group) is 1. The number of nitrogens with zero attached hydrogens (tertiary/aromatic N) is 3. The van der Waals surface area contributed by atoms with Gasteiger partial charge in [0.15, 0.2) is 17.5 Å². The number of hydrogen-bond donors (Lipinski definition) is 2. The highest BCUT2D eigenvalue weighted by molar-refractivity contribution is 14.0. The summed E-state index contributed by atoms with van der Waals surface area (Å²) in [4.78, 5) is 9.63. The summed E-state index contributed by atoms with van der Waals surface area (Å²) < 4.78 is 16.2. The van der Waals surface area contributed by atoms with Gasteiger partial charge in [0.2, 0.25) is 5.75 Å². The van der Waals surface area contributed by atoms with Crippen molar-refractivity contribution in [3.63, 3.8) is 0 Å². The second kappa shape index (κ2) is 14.5. The van der Waals surface area contributed by atoms with Crippen LogP contribution in [0.2, 0.25) is 0 Å². The van der Waals surface area contributed by atoms with Crippen molar-refractivity contribution in [2.45, 2.75) is 19.9 Å². The molecule has 172 valence electrons. The van der Waals surface area contributed by atoms with Gasteiger partial charge in [-0.25, -0.2) is 4.99 Å². The average Bonchev–Trinajstić information content (AvgIpc) is 2.95. The third kappa shape index (κ3) is 8.35. The van der Waals surface area contributed by atoms with Gasteiger partial charge in [0.1, 0.15) is 0 Å². The molecule has 1 aliphatic heterocycles. The van der Waals surface area contributed by atoms with E-state index in [2.05, 4.69) is 34.4 Å². The normalized spacial score (nSPS) is 15.7. The number of rotatable bonds is 9. The van der Waals surface area contributed by atoms with E-state index in [1.165, 1.54) is 13.0 Å². The highest BCUT2D eigenvalue weighted by Gasteiger charge is 2.14. The molecule has 0 atom stereocenters. The molecule has 9 heteroatoms. The molecule has 0 amide bonds. The molecule has 1 heterocycles. The first-order valence-corrected chi connectivity index (χ1v) is 10.3. The van der Waals surface area contributed by atoms with Gasteiger partial charge in [-0.05, 0) is 51.2 Å². The van der Waals surface area contributed by atoms with Crippen molar-refractivity contribution < 1.29 is 14.2 Å². The number of hydrogen-bond acceptors (Lipinski definition) is 6. The minimum Gasteiger partial charge on any atom is -0.493 e. The molecule has 1 aromatic rings. The van der Waals surface area contributed by atoms with Crippen molar-refractivity contribution in [3.8, 4) is 17.2 Å². The Morgan fingerprint density at radius 2 is 1.70 bits per heavy atom. The fourth-order valence-corrected chi connectivity index (χ4v) is 3.39. The van der Waals surface area contributed by atoms with Crippen molar-refractivity contribution in [2.75, 3.05) is 74.2 Å². The third-order valence-electron chi connectivity index (χ3n) is 5.02. The van der Waals surface area contributed by atoms with E-state index in [1.54, 1.807) is 21.3 Å². The van der Waals surface area contributed by atoms with Crippen molar-refractivity contribution in [2.24, 2.45) is 4.99 Å². The molecule has 0 aliphatic carbocycles. The van der Waals surface area contributed by atoms with Crippen molar-refractivity contribution in [3.05, 3.63) is 17.7 Å². The number of methoxy groups -OCH3 is 3. The molecule has 8 nitrogen and oxygen atoms in total. The lowest BCUT2D eigenvalue weighted by molar-refractivity contribution is 0.280. The Kier molecular flexibility index (Phi) is 12.9. The number of aliphatic imine (C=N–C) groups is 1. The second-order valence-corrected chi connectivity index (χ2v) is 7.15. The molecule has 2 N–H and O–H groups in total. The molecule has 2 rings (SSSR count). The molecule has 30 heavy (non-hydrogen) atoms. The van der Waals surface area contributed by atoms with Gasteiger partial charge in [-0.1, -0.05) is 0 Å². The van der Waals surface area contributed by atoms with Gasteiger partial charge in [0, 0.05) is 32.7 Å². The molecule has 0 unspecified atom stereocenters. The maximum absolute atomic E-state index is 5.43.